The summed E-state index contributed by atoms with van der Waals surface area (Å²) in [5.74, 6) is 0.450. The van der Waals surface area contributed by atoms with Crippen LogP contribution in [-0.2, 0) is 0 Å². The Morgan fingerprint density at radius 2 is 1.56 bits per heavy atom. The second kappa shape index (κ2) is 3.89. The third kappa shape index (κ3) is 2.01. The van der Waals surface area contributed by atoms with Crippen LogP contribution < -0.4 is 0 Å². The molecule has 82 valence electrons. The van der Waals surface area contributed by atoms with Gasteiger partial charge in [-0.2, -0.15) is 0 Å². The second-order valence-corrected chi connectivity index (χ2v) is 4.08. The maximum Gasteiger partial charge on any atom is 0.123 e. The lowest BCUT2D eigenvalue weighted by atomic mass is 10.0. The molecule has 0 spiro atoms. The van der Waals surface area contributed by atoms with E-state index in [1.807, 2.05) is 32.0 Å². The largest absolute Gasteiger partial charge is 0.508 e. The molecule has 2 aromatic carbocycles. The van der Waals surface area contributed by atoms with Crippen LogP contribution in [0.1, 0.15) is 11.1 Å². The molecule has 2 aromatic rings. The molecule has 0 bridgehead atoms. The van der Waals surface area contributed by atoms with E-state index in [0.29, 0.717) is 0 Å². The van der Waals surface area contributed by atoms with Crippen molar-refractivity contribution in [3.63, 3.8) is 0 Å². The first-order valence-corrected chi connectivity index (χ1v) is 5.17. The molecule has 0 saturated carbocycles. The molecular weight excluding hydrogens is 200 g/mol. The van der Waals surface area contributed by atoms with Crippen LogP contribution in [0.4, 0.5) is 0 Å². The Kier molecular flexibility index (Phi) is 2.57. The number of hydrogen-bond donors (Lipinski definition) is 2. The van der Waals surface area contributed by atoms with Gasteiger partial charge in [0, 0.05) is 5.56 Å². The molecule has 16 heavy (non-hydrogen) atoms. The van der Waals surface area contributed by atoms with Crippen LogP contribution in [-0.4, -0.2) is 10.2 Å². The first kappa shape index (κ1) is 10.6. The standard InChI is InChI=1S/C14H14O2/c1-9-3-4-14(16)13(7-9)11-5-10(2)6-12(15)8-11/h3-8,15-16H,1-2H3. The highest BCUT2D eigenvalue weighted by molar-refractivity contribution is 5.72. The molecule has 0 radical (unpaired) electrons. The SMILES string of the molecule is Cc1cc(O)cc(-c2cc(C)ccc2O)c1. The van der Waals surface area contributed by atoms with Crippen molar-refractivity contribution in [3.8, 4) is 22.6 Å². The van der Waals surface area contributed by atoms with Crippen molar-refractivity contribution in [3.05, 3.63) is 47.5 Å². The lowest BCUT2D eigenvalue weighted by molar-refractivity contribution is 0.474. The van der Waals surface area contributed by atoms with E-state index in [9.17, 15) is 10.2 Å². The molecule has 0 heterocycles. The molecule has 2 N–H and O–H groups in total. The number of benzene rings is 2. The maximum absolute atomic E-state index is 9.79. The minimum Gasteiger partial charge on any atom is -0.508 e. The van der Waals surface area contributed by atoms with Crippen molar-refractivity contribution in [2.45, 2.75) is 13.8 Å². The third-order valence-corrected chi connectivity index (χ3v) is 2.53. The quantitative estimate of drug-likeness (QED) is 0.764. The predicted molar refractivity (Wildman–Crippen MR) is 64.7 cm³/mol. The van der Waals surface area contributed by atoms with Gasteiger partial charge in [0.25, 0.3) is 0 Å². The Labute approximate surface area is 94.8 Å². The highest BCUT2D eigenvalue weighted by atomic mass is 16.3. The molecule has 0 aliphatic heterocycles. The first-order valence-electron chi connectivity index (χ1n) is 5.17. The van der Waals surface area contributed by atoms with E-state index in [2.05, 4.69) is 0 Å². The number of phenols is 2. The van der Waals surface area contributed by atoms with Gasteiger partial charge in [-0.05, 0) is 49.2 Å². The van der Waals surface area contributed by atoms with Gasteiger partial charge < -0.3 is 10.2 Å². The van der Waals surface area contributed by atoms with Crippen LogP contribution >= 0.6 is 0 Å². The van der Waals surface area contributed by atoms with Crippen molar-refractivity contribution in [1.82, 2.24) is 0 Å². The lowest BCUT2D eigenvalue weighted by Gasteiger charge is -2.07. The van der Waals surface area contributed by atoms with E-state index < -0.39 is 0 Å². The Hall–Kier alpha value is -1.96. The molecule has 2 rings (SSSR count). The van der Waals surface area contributed by atoms with Crippen LogP contribution in [0.2, 0.25) is 0 Å². The van der Waals surface area contributed by atoms with Gasteiger partial charge in [-0.25, -0.2) is 0 Å². The minimum absolute atomic E-state index is 0.218. The van der Waals surface area contributed by atoms with Crippen LogP contribution in [0.15, 0.2) is 36.4 Å². The highest BCUT2D eigenvalue weighted by Gasteiger charge is 2.06. The summed E-state index contributed by atoms with van der Waals surface area (Å²) in [4.78, 5) is 0. The Morgan fingerprint density at radius 3 is 2.25 bits per heavy atom. The zero-order chi connectivity index (χ0) is 11.7. The van der Waals surface area contributed by atoms with E-state index in [1.165, 1.54) is 0 Å². The third-order valence-electron chi connectivity index (χ3n) is 2.53. The molecule has 2 nitrogen and oxygen atoms in total. The normalized spacial score (nSPS) is 10.4. The zero-order valence-corrected chi connectivity index (χ0v) is 9.36. The lowest BCUT2D eigenvalue weighted by Crippen LogP contribution is -1.83. The topological polar surface area (TPSA) is 40.5 Å². The smallest absolute Gasteiger partial charge is 0.123 e. The molecule has 2 heteroatoms. The minimum atomic E-state index is 0.218. The fourth-order valence-electron chi connectivity index (χ4n) is 1.80. The summed E-state index contributed by atoms with van der Waals surface area (Å²) in [6.07, 6.45) is 0. The van der Waals surface area contributed by atoms with Crippen molar-refractivity contribution in [2.75, 3.05) is 0 Å². The molecule has 0 aromatic heterocycles. The summed E-state index contributed by atoms with van der Waals surface area (Å²) < 4.78 is 0. The van der Waals surface area contributed by atoms with Gasteiger partial charge in [0.1, 0.15) is 11.5 Å². The van der Waals surface area contributed by atoms with Gasteiger partial charge in [0.15, 0.2) is 0 Å². The number of aromatic hydroxyl groups is 2. The van der Waals surface area contributed by atoms with Gasteiger partial charge in [0.05, 0.1) is 0 Å². The average molecular weight is 214 g/mol. The van der Waals surface area contributed by atoms with Crippen LogP contribution in [0.5, 0.6) is 11.5 Å². The zero-order valence-electron chi connectivity index (χ0n) is 9.36. The van der Waals surface area contributed by atoms with Crippen LogP contribution in [0.3, 0.4) is 0 Å². The summed E-state index contributed by atoms with van der Waals surface area (Å²) in [5, 5.41) is 19.3. The van der Waals surface area contributed by atoms with Crippen molar-refractivity contribution < 1.29 is 10.2 Å². The highest BCUT2D eigenvalue weighted by Crippen LogP contribution is 2.32. The van der Waals surface area contributed by atoms with Crippen LogP contribution in [0, 0.1) is 13.8 Å². The summed E-state index contributed by atoms with van der Waals surface area (Å²) in [6.45, 7) is 3.88. The van der Waals surface area contributed by atoms with E-state index in [0.717, 1.165) is 22.3 Å². The molecule has 0 aliphatic rings. The molecule has 0 unspecified atom stereocenters. The van der Waals surface area contributed by atoms with Gasteiger partial charge in [-0.3, -0.25) is 0 Å². The Morgan fingerprint density at radius 1 is 0.812 bits per heavy atom. The summed E-state index contributed by atoms with van der Waals surface area (Å²) in [6, 6.07) is 10.7. The number of rotatable bonds is 1. The van der Waals surface area contributed by atoms with E-state index in [1.54, 1.807) is 18.2 Å². The van der Waals surface area contributed by atoms with Crippen molar-refractivity contribution in [1.29, 1.82) is 0 Å². The fourth-order valence-corrected chi connectivity index (χ4v) is 1.80. The second-order valence-electron chi connectivity index (χ2n) is 4.08. The molecule has 0 amide bonds. The first-order chi connectivity index (χ1) is 7.56. The van der Waals surface area contributed by atoms with E-state index in [4.69, 9.17) is 0 Å². The van der Waals surface area contributed by atoms with Crippen molar-refractivity contribution in [2.24, 2.45) is 0 Å². The van der Waals surface area contributed by atoms with Gasteiger partial charge in [-0.15, -0.1) is 0 Å². The Balaban J connectivity index is 2.62. The number of aryl methyl sites for hydroxylation is 2. The number of hydrogen-bond acceptors (Lipinski definition) is 2. The van der Waals surface area contributed by atoms with Gasteiger partial charge in [-0.1, -0.05) is 17.7 Å². The van der Waals surface area contributed by atoms with Gasteiger partial charge in [0.2, 0.25) is 0 Å². The summed E-state index contributed by atoms with van der Waals surface area (Å²) >= 11 is 0. The molecular formula is C14H14O2. The van der Waals surface area contributed by atoms with E-state index in [-0.39, 0.29) is 11.5 Å². The monoisotopic (exact) mass is 214 g/mol. The molecule has 0 atom stereocenters. The predicted octanol–water partition coefficient (Wildman–Crippen LogP) is 3.38. The average Bonchev–Trinajstić information content (AvgIpc) is 2.20. The molecule has 0 fully saturated rings. The summed E-state index contributed by atoms with van der Waals surface area (Å²) in [7, 11) is 0. The Bertz CT molecular complexity index is 510. The molecule has 0 saturated heterocycles. The fraction of sp³-hybridized carbons (Fsp3) is 0.143. The van der Waals surface area contributed by atoms with Crippen LogP contribution in [0.25, 0.3) is 11.1 Å². The van der Waals surface area contributed by atoms with E-state index >= 15 is 0 Å². The number of phenolic OH excluding ortho intramolecular Hbond substituents is 2. The van der Waals surface area contributed by atoms with Gasteiger partial charge >= 0.3 is 0 Å². The molecule has 0 aliphatic carbocycles. The maximum atomic E-state index is 9.79. The summed E-state index contributed by atoms with van der Waals surface area (Å²) in [5.41, 5.74) is 3.63. The van der Waals surface area contributed by atoms with Crippen molar-refractivity contribution >= 4 is 0 Å².